The molecular formula is C30H26N2O3. The summed E-state index contributed by atoms with van der Waals surface area (Å²) in [5.74, 6) is 0.686. The molecule has 0 aliphatic carbocycles. The largest absolute Gasteiger partial charge is 0.490 e. The third-order valence-corrected chi connectivity index (χ3v) is 5.86. The molecule has 1 atom stereocenters. The van der Waals surface area contributed by atoms with Crippen LogP contribution in [0.25, 0.3) is 27.9 Å². The summed E-state index contributed by atoms with van der Waals surface area (Å²) in [6.45, 7) is 0.484. The van der Waals surface area contributed by atoms with Crippen molar-refractivity contribution in [2.45, 2.75) is 6.10 Å². The van der Waals surface area contributed by atoms with Crippen LogP contribution in [0.3, 0.4) is 0 Å². The minimum atomic E-state index is -0.703. The topological polar surface area (TPSA) is 74.3 Å². The number of fused-ring (bicyclic) bond motifs is 3. The van der Waals surface area contributed by atoms with Crippen LogP contribution >= 0.6 is 0 Å². The molecule has 1 heterocycles. The Morgan fingerprint density at radius 2 is 1.63 bits per heavy atom. The van der Waals surface area contributed by atoms with Gasteiger partial charge < -0.3 is 20.1 Å². The van der Waals surface area contributed by atoms with E-state index in [0.29, 0.717) is 12.1 Å². The van der Waals surface area contributed by atoms with E-state index in [9.17, 15) is 9.90 Å². The van der Waals surface area contributed by atoms with Gasteiger partial charge in [-0.15, -0.1) is 0 Å². The third-order valence-electron chi connectivity index (χ3n) is 5.86. The lowest BCUT2D eigenvalue weighted by molar-refractivity contribution is 0.104. The first-order valence-electron chi connectivity index (χ1n) is 11.6. The first-order chi connectivity index (χ1) is 17.2. The van der Waals surface area contributed by atoms with E-state index in [-0.39, 0.29) is 12.4 Å². The highest BCUT2D eigenvalue weighted by atomic mass is 16.5. The van der Waals surface area contributed by atoms with Gasteiger partial charge >= 0.3 is 0 Å². The maximum absolute atomic E-state index is 12.4. The average molecular weight is 463 g/mol. The number of aromatic amines is 1. The van der Waals surface area contributed by atoms with E-state index < -0.39 is 6.10 Å². The molecule has 5 rings (SSSR count). The number of ketones is 1. The van der Waals surface area contributed by atoms with Gasteiger partial charge in [0.25, 0.3) is 0 Å². The molecule has 0 radical (unpaired) electrons. The molecule has 5 aromatic rings. The van der Waals surface area contributed by atoms with Crippen LogP contribution in [0.4, 0.5) is 5.69 Å². The van der Waals surface area contributed by atoms with Crippen molar-refractivity contribution in [2.24, 2.45) is 0 Å². The Morgan fingerprint density at radius 1 is 0.886 bits per heavy atom. The molecule has 5 nitrogen and oxygen atoms in total. The molecule has 0 aliphatic heterocycles. The van der Waals surface area contributed by atoms with E-state index in [4.69, 9.17) is 4.74 Å². The predicted molar refractivity (Wildman–Crippen MR) is 142 cm³/mol. The second-order valence-corrected chi connectivity index (χ2v) is 8.38. The van der Waals surface area contributed by atoms with Crippen molar-refractivity contribution in [3.05, 3.63) is 114 Å². The normalized spacial score (nSPS) is 12.3. The van der Waals surface area contributed by atoms with E-state index in [1.807, 2.05) is 84.9 Å². The van der Waals surface area contributed by atoms with Crippen molar-refractivity contribution in [3.63, 3.8) is 0 Å². The van der Waals surface area contributed by atoms with E-state index in [1.54, 1.807) is 18.2 Å². The quantitative estimate of drug-likeness (QED) is 0.184. The predicted octanol–water partition coefficient (Wildman–Crippen LogP) is 6.07. The van der Waals surface area contributed by atoms with Crippen LogP contribution in [0.15, 0.2) is 103 Å². The molecule has 174 valence electrons. The van der Waals surface area contributed by atoms with Gasteiger partial charge in [-0.25, -0.2) is 0 Å². The Bertz CT molecular complexity index is 1470. The molecular weight excluding hydrogens is 436 g/mol. The van der Waals surface area contributed by atoms with Gasteiger partial charge in [-0.1, -0.05) is 60.7 Å². The lowest BCUT2D eigenvalue weighted by Gasteiger charge is -2.15. The lowest BCUT2D eigenvalue weighted by atomic mass is 10.1. The Kier molecular flexibility index (Phi) is 6.59. The van der Waals surface area contributed by atoms with E-state index in [1.165, 1.54) is 0 Å². The van der Waals surface area contributed by atoms with Gasteiger partial charge in [0, 0.05) is 34.1 Å². The zero-order valence-electron chi connectivity index (χ0n) is 19.1. The fraction of sp³-hybridized carbons (Fsp3) is 0.100. The van der Waals surface area contributed by atoms with Crippen molar-refractivity contribution < 1.29 is 14.6 Å². The Hall–Kier alpha value is -4.35. The highest BCUT2D eigenvalue weighted by Gasteiger charge is 2.12. The fourth-order valence-electron chi connectivity index (χ4n) is 4.05. The van der Waals surface area contributed by atoms with Crippen molar-refractivity contribution in [3.8, 4) is 5.75 Å². The first-order valence-corrected chi connectivity index (χ1v) is 11.6. The average Bonchev–Trinajstić information content (AvgIpc) is 3.29. The number of carbonyl (C=O) groups excluding carboxylic acids is 1. The Balaban J connectivity index is 1.16. The number of H-pyrrole nitrogens is 1. The van der Waals surface area contributed by atoms with Gasteiger partial charge in [0.05, 0.1) is 5.52 Å². The summed E-state index contributed by atoms with van der Waals surface area (Å²) >= 11 is 0. The van der Waals surface area contributed by atoms with Crippen LogP contribution in [-0.4, -0.2) is 35.1 Å². The Labute approximate surface area is 203 Å². The molecule has 3 N–H and O–H groups in total. The van der Waals surface area contributed by atoms with Gasteiger partial charge in [-0.2, -0.15) is 0 Å². The van der Waals surface area contributed by atoms with Gasteiger partial charge in [-0.05, 0) is 54.1 Å². The zero-order chi connectivity index (χ0) is 24.0. The molecule has 0 spiro atoms. The van der Waals surface area contributed by atoms with E-state index in [2.05, 4.69) is 16.4 Å². The number of hydrogen-bond donors (Lipinski definition) is 3. The SMILES string of the molecule is O=C(C=Cc1ccccc1)c1ccc(NCC(O)COc2cccc3[nH]c4ccccc4c23)cc1. The van der Waals surface area contributed by atoms with Crippen LogP contribution in [0.1, 0.15) is 15.9 Å². The summed E-state index contributed by atoms with van der Waals surface area (Å²) in [5.41, 5.74) is 4.48. The number of carbonyl (C=O) groups is 1. The van der Waals surface area contributed by atoms with Gasteiger partial charge in [0.15, 0.2) is 5.78 Å². The summed E-state index contributed by atoms with van der Waals surface area (Å²) in [6.07, 6.45) is 2.68. The molecule has 1 aromatic heterocycles. The number of hydrogen-bond acceptors (Lipinski definition) is 4. The van der Waals surface area contributed by atoms with Gasteiger partial charge in [0.2, 0.25) is 0 Å². The number of benzene rings is 4. The maximum atomic E-state index is 12.4. The number of aliphatic hydroxyl groups excluding tert-OH is 1. The van der Waals surface area contributed by atoms with Crippen molar-refractivity contribution in [2.75, 3.05) is 18.5 Å². The number of ether oxygens (including phenoxy) is 1. The van der Waals surface area contributed by atoms with Gasteiger partial charge in [0.1, 0.15) is 18.5 Å². The molecule has 0 amide bonds. The summed E-state index contributed by atoms with van der Waals surface area (Å²) in [4.78, 5) is 15.8. The third kappa shape index (κ3) is 5.26. The van der Waals surface area contributed by atoms with Crippen LogP contribution in [0.5, 0.6) is 5.75 Å². The highest BCUT2D eigenvalue weighted by molar-refractivity contribution is 6.10. The number of para-hydroxylation sites is 1. The fourth-order valence-corrected chi connectivity index (χ4v) is 4.05. The van der Waals surface area contributed by atoms with Crippen LogP contribution < -0.4 is 10.1 Å². The monoisotopic (exact) mass is 462 g/mol. The summed E-state index contributed by atoms with van der Waals surface area (Å²) in [7, 11) is 0. The number of rotatable bonds is 9. The zero-order valence-corrected chi connectivity index (χ0v) is 19.1. The number of aliphatic hydroxyl groups is 1. The standard InChI is InChI=1S/C30H26N2O3/c33-24(20-35-29-12-6-11-27-30(29)25-9-4-5-10-26(25)32-27)19-31-23-16-14-22(15-17-23)28(34)18-13-21-7-2-1-3-8-21/h1-18,24,31-33H,19-20H2. The molecule has 0 aliphatic rings. The van der Waals surface area contributed by atoms with Crippen molar-refractivity contribution in [1.29, 1.82) is 0 Å². The highest BCUT2D eigenvalue weighted by Crippen LogP contribution is 2.33. The van der Waals surface area contributed by atoms with E-state index in [0.717, 1.165) is 38.8 Å². The van der Waals surface area contributed by atoms with Crippen molar-refractivity contribution in [1.82, 2.24) is 4.98 Å². The number of nitrogens with one attached hydrogen (secondary N) is 2. The lowest BCUT2D eigenvalue weighted by Crippen LogP contribution is -2.26. The molecule has 0 fully saturated rings. The van der Waals surface area contributed by atoms with Crippen LogP contribution in [-0.2, 0) is 0 Å². The molecule has 35 heavy (non-hydrogen) atoms. The molecule has 5 heteroatoms. The second-order valence-electron chi connectivity index (χ2n) is 8.38. The second kappa shape index (κ2) is 10.3. The number of allylic oxidation sites excluding steroid dienone is 1. The first kappa shape index (κ1) is 22.4. The molecule has 4 aromatic carbocycles. The summed E-state index contributed by atoms with van der Waals surface area (Å²) < 4.78 is 5.99. The minimum Gasteiger partial charge on any atom is -0.490 e. The molecule has 0 saturated carbocycles. The number of anilines is 1. The van der Waals surface area contributed by atoms with Crippen molar-refractivity contribution >= 4 is 39.4 Å². The summed E-state index contributed by atoms with van der Waals surface area (Å²) in [6, 6.07) is 30.9. The Morgan fingerprint density at radius 3 is 2.46 bits per heavy atom. The molecule has 0 bridgehead atoms. The van der Waals surface area contributed by atoms with Crippen LogP contribution in [0.2, 0.25) is 0 Å². The molecule has 0 saturated heterocycles. The summed E-state index contributed by atoms with van der Waals surface area (Å²) in [5, 5.41) is 15.8. The van der Waals surface area contributed by atoms with Crippen LogP contribution in [0, 0.1) is 0 Å². The molecule has 1 unspecified atom stereocenters. The smallest absolute Gasteiger partial charge is 0.185 e. The number of aromatic nitrogens is 1. The van der Waals surface area contributed by atoms with Gasteiger partial charge in [-0.3, -0.25) is 4.79 Å². The maximum Gasteiger partial charge on any atom is 0.185 e. The minimum absolute atomic E-state index is 0.0553. The van der Waals surface area contributed by atoms with E-state index >= 15 is 0 Å².